The first-order valence-corrected chi connectivity index (χ1v) is 8.84. The maximum atomic E-state index is 12.0. The zero-order valence-corrected chi connectivity index (χ0v) is 16.1. The smallest absolute Gasteiger partial charge is 0.325 e. The predicted molar refractivity (Wildman–Crippen MR) is 107 cm³/mol. The molecule has 1 N–H and O–H groups in total. The molecule has 0 unspecified atom stereocenters. The van der Waals surface area contributed by atoms with E-state index >= 15 is 0 Å². The second-order valence-corrected chi connectivity index (χ2v) is 6.17. The molecule has 2 rings (SSSR count). The molecule has 138 valence electrons. The van der Waals surface area contributed by atoms with Crippen molar-refractivity contribution in [2.75, 3.05) is 25.6 Å². The molecule has 0 saturated heterocycles. The van der Waals surface area contributed by atoms with Gasteiger partial charge >= 0.3 is 5.97 Å². The van der Waals surface area contributed by atoms with Crippen LogP contribution < -0.4 is 10.1 Å². The van der Waals surface area contributed by atoms with Crippen molar-refractivity contribution in [2.45, 2.75) is 20.4 Å². The standard InChI is InChI=1S/C20H24N2O3S/c1-4-25-19(23)14-22(13-16-8-6-5-7-9-16)20(26)21-17-12-15(2)10-11-18(17)24-3/h5-12H,4,13-14H2,1-3H3,(H,21,26). The van der Waals surface area contributed by atoms with Gasteiger partial charge in [-0.2, -0.15) is 0 Å². The van der Waals surface area contributed by atoms with Crippen LogP contribution in [0.4, 0.5) is 5.69 Å². The van der Waals surface area contributed by atoms with E-state index in [9.17, 15) is 4.79 Å². The van der Waals surface area contributed by atoms with Gasteiger partial charge in [0.15, 0.2) is 5.11 Å². The van der Waals surface area contributed by atoms with Crippen LogP contribution in [0.2, 0.25) is 0 Å². The van der Waals surface area contributed by atoms with E-state index in [-0.39, 0.29) is 12.5 Å². The highest BCUT2D eigenvalue weighted by Gasteiger charge is 2.17. The Morgan fingerprint density at radius 3 is 2.58 bits per heavy atom. The zero-order valence-electron chi connectivity index (χ0n) is 15.3. The minimum atomic E-state index is -0.316. The molecule has 6 heteroatoms. The van der Waals surface area contributed by atoms with Crippen molar-refractivity contribution >= 4 is 29.0 Å². The molecule has 0 aromatic heterocycles. The number of rotatable bonds is 7. The van der Waals surface area contributed by atoms with E-state index in [1.54, 1.807) is 18.9 Å². The van der Waals surface area contributed by atoms with Crippen molar-refractivity contribution in [3.8, 4) is 5.75 Å². The summed E-state index contributed by atoms with van der Waals surface area (Å²) >= 11 is 5.56. The van der Waals surface area contributed by atoms with Gasteiger partial charge in [0, 0.05) is 6.54 Å². The molecule has 0 fully saturated rings. The SMILES string of the molecule is CCOC(=O)CN(Cc1ccccc1)C(=S)Nc1cc(C)ccc1OC. The normalized spacial score (nSPS) is 10.1. The monoisotopic (exact) mass is 372 g/mol. The number of anilines is 1. The van der Waals surface area contributed by atoms with Crippen LogP contribution in [0.3, 0.4) is 0 Å². The first-order valence-electron chi connectivity index (χ1n) is 8.43. The van der Waals surface area contributed by atoms with Crippen molar-refractivity contribution in [3.05, 3.63) is 59.7 Å². The van der Waals surface area contributed by atoms with Gasteiger partial charge in [0.1, 0.15) is 12.3 Å². The Balaban J connectivity index is 2.19. The second-order valence-electron chi connectivity index (χ2n) is 5.78. The van der Waals surface area contributed by atoms with Gasteiger partial charge in [-0.3, -0.25) is 4.79 Å². The molecule has 2 aromatic carbocycles. The fourth-order valence-corrected chi connectivity index (χ4v) is 2.72. The molecule has 5 nitrogen and oxygen atoms in total. The van der Waals surface area contributed by atoms with Gasteiger partial charge in [-0.15, -0.1) is 0 Å². The lowest BCUT2D eigenvalue weighted by atomic mass is 10.2. The van der Waals surface area contributed by atoms with E-state index in [0.717, 1.165) is 16.8 Å². The van der Waals surface area contributed by atoms with Crippen LogP contribution >= 0.6 is 12.2 Å². The number of aryl methyl sites for hydroxylation is 1. The van der Waals surface area contributed by atoms with Crippen LogP contribution in [-0.4, -0.2) is 36.2 Å². The lowest BCUT2D eigenvalue weighted by Gasteiger charge is -2.25. The predicted octanol–water partition coefficient (Wildman–Crippen LogP) is 3.77. The molecule has 0 atom stereocenters. The van der Waals surface area contributed by atoms with Crippen molar-refractivity contribution in [1.29, 1.82) is 0 Å². The minimum absolute atomic E-state index is 0.0721. The van der Waals surface area contributed by atoms with Crippen molar-refractivity contribution in [1.82, 2.24) is 4.90 Å². The summed E-state index contributed by atoms with van der Waals surface area (Å²) in [5.74, 6) is 0.373. The summed E-state index contributed by atoms with van der Waals surface area (Å²) in [6.07, 6.45) is 0. The van der Waals surface area contributed by atoms with Gasteiger partial charge < -0.3 is 19.7 Å². The summed E-state index contributed by atoms with van der Waals surface area (Å²) in [6.45, 7) is 4.69. The number of thiocarbonyl (C=S) groups is 1. The zero-order chi connectivity index (χ0) is 18.9. The largest absolute Gasteiger partial charge is 0.495 e. The van der Waals surface area contributed by atoms with Gasteiger partial charge in [-0.1, -0.05) is 36.4 Å². The van der Waals surface area contributed by atoms with Gasteiger partial charge in [-0.05, 0) is 49.3 Å². The van der Waals surface area contributed by atoms with Gasteiger partial charge in [-0.25, -0.2) is 0 Å². The Kier molecular flexibility index (Phi) is 7.41. The summed E-state index contributed by atoms with van der Waals surface area (Å²) in [5.41, 5.74) is 2.90. The summed E-state index contributed by atoms with van der Waals surface area (Å²) in [4.78, 5) is 13.8. The van der Waals surface area contributed by atoms with Crippen LogP contribution in [0.1, 0.15) is 18.1 Å². The lowest BCUT2D eigenvalue weighted by molar-refractivity contribution is -0.143. The van der Waals surface area contributed by atoms with Gasteiger partial charge in [0.05, 0.1) is 19.4 Å². The first-order chi connectivity index (χ1) is 12.5. The number of benzene rings is 2. The van der Waals surface area contributed by atoms with E-state index in [1.807, 2.05) is 55.5 Å². The third-order valence-electron chi connectivity index (χ3n) is 3.73. The molecule has 0 bridgehead atoms. The molecule has 0 aliphatic heterocycles. The maximum absolute atomic E-state index is 12.0. The first kappa shape index (κ1) is 19.7. The van der Waals surface area contributed by atoms with E-state index in [0.29, 0.717) is 24.0 Å². The highest BCUT2D eigenvalue weighted by atomic mass is 32.1. The quantitative estimate of drug-likeness (QED) is 0.590. The van der Waals surface area contributed by atoms with Crippen molar-refractivity contribution in [2.24, 2.45) is 0 Å². The van der Waals surface area contributed by atoms with Crippen molar-refractivity contribution in [3.63, 3.8) is 0 Å². The van der Waals surface area contributed by atoms with E-state index < -0.39 is 0 Å². The van der Waals surface area contributed by atoms with Crippen LogP contribution in [0, 0.1) is 6.92 Å². The molecule has 0 aliphatic carbocycles. The van der Waals surface area contributed by atoms with Crippen LogP contribution in [-0.2, 0) is 16.1 Å². The van der Waals surface area contributed by atoms with Gasteiger partial charge in [0.25, 0.3) is 0 Å². The number of nitrogens with one attached hydrogen (secondary N) is 1. The Bertz CT molecular complexity index is 750. The second kappa shape index (κ2) is 9.77. The van der Waals surface area contributed by atoms with Gasteiger partial charge in [0.2, 0.25) is 0 Å². The molecule has 2 aromatic rings. The summed E-state index contributed by atoms with van der Waals surface area (Å²) in [5, 5.41) is 3.63. The van der Waals surface area contributed by atoms with Crippen molar-refractivity contribution < 1.29 is 14.3 Å². The Morgan fingerprint density at radius 1 is 1.19 bits per heavy atom. The Morgan fingerprint density at radius 2 is 1.92 bits per heavy atom. The van der Waals surface area contributed by atoms with E-state index in [4.69, 9.17) is 21.7 Å². The topological polar surface area (TPSA) is 50.8 Å². The van der Waals surface area contributed by atoms with Crippen LogP contribution in [0.25, 0.3) is 0 Å². The Labute approximate surface area is 159 Å². The number of carbonyl (C=O) groups excluding carboxylic acids is 1. The number of methoxy groups -OCH3 is 1. The van der Waals surface area contributed by atoms with E-state index in [1.165, 1.54) is 0 Å². The average molecular weight is 372 g/mol. The average Bonchev–Trinajstić information content (AvgIpc) is 2.62. The minimum Gasteiger partial charge on any atom is -0.495 e. The fourth-order valence-electron chi connectivity index (χ4n) is 2.48. The molecular formula is C20H24N2O3S. The number of hydrogen-bond donors (Lipinski definition) is 1. The molecule has 0 saturated carbocycles. The number of carbonyl (C=O) groups is 1. The van der Waals surface area contributed by atoms with Crippen LogP contribution in [0.5, 0.6) is 5.75 Å². The molecule has 0 radical (unpaired) electrons. The molecule has 0 aliphatic rings. The van der Waals surface area contributed by atoms with Crippen LogP contribution in [0.15, 0.2) is 48.5 Å². The highest BCUT2D eigenvalue weighted by molar-refractivity contribution is 7.80. The number of esters is 1. The molecule has 0 amide bonds. The molecule has 26 heavy (non-hydrogen) atoms. The maximum Gasteiger partial charge on any atom is 0.325 e. The summed E-state index contributed by atoms with van der Waals surface area (Å²) in [6, 6.07) is 15.7. The molecule has 0 heterocycles. The summed E-state index contributed by atoms with van der Waals surface area (Å²) in [7, 11) is 1.61. The number of nitrogens with zero attached hydrogens (tertiary/aromatic N) is 1. The fraction of sp³-hybridized carbons (Fsp3) is 0.300. The molecular weight excluding hydrogens is 348 g/mol. The Hall–Kier alpha value is -2.60. The highest BCUT2D eigenvalue weighted by Crippen LogP contribution is 2.25. The number of ether oxygens (including phenoxy) is 2. The molecule has 0 spiro atoms. The number of hydrogen-bond acceptors (Lipinski definition) is 4. The lowest BCUT2D eigenvalue weighted by Crippen LogP contribution is -2.38. The van der Waals surface area contributed by atoms with E-state index in [2.05, 4.69) is 5.32 Å². The summed E-state index contributed by atoms with van der Waals surface area (Å²) < 4.78 is 10.5. The third kappa shape index (κ3) is 5.74. The third-order valence-corrected chi connectivity index (χ3v) is 4.09.